The first kappa shape index (κ1) is 18.5. The predicted molar refractivity (Wildman–Crippen MR) is 105 cm³/mol. The third kappa shape index (κ3) is 4.05. The lowest BCUT2D eigenvalue weighted by molar-refractivity contribution is -0.120. The van der Waals surface area contributed by atoms with Crippen molar-refractivity contribution in [3.05, 3.63) is 54.6 Å². The predicted octanol–water partition coefficient (Wildman–Crippen LogP) is 1.01. The summed E-state index contributed by atoms with van der Waals surface area (Å²) < 4.78 is 1.54. The molecule has 1 fully saturated rings. The molecule has 148 valence electrons. The lowest BCUT2D eigenvalue weighted by Gasteiger charge is -2.31. The molecular weight excluding hydrogens is 372 g/mol. The first-order chi connectivity index (χ1) is 14.1. The largest absolute Gasteiger partial charge is 0.366 e. The van der Waals surface area contributed by atoms with Crippen molar-refractivity contribution in [1.29, 1.82) is 0 Å². The number of nitrogens with two attached hydrogens (primary N) is 1. The Balaban J connectivity index is 1.36. The van der Waals surface area contributed by atoms with Gasteiger partial charge in [-0.15, -0.1) is 10.2 Å². The third-order valence-corrected chi connectivity index (χ3v) is 4.93. The zero-order valence-corrected chi connectivity index (χ0v) is 15.6. The summed E-state index contributed by atoms with van der Waals surface area (Å²) in [5, 5.41) is 15.3. The number of nitrogens with zero attached hydrogens (tertiary/aromatic N) is 6. The summed E-state index contributed by atoms with van der Waals surface area (Å²) in [6.45, 7) is 1.37. The number of para-hydroxylation sites is 1. The van der Waals surface area contributed by atoms with Crippen molar-refractivity contribution in [2.45, 2.75) is 12.8 Å². The van der Waals surface area contributed by atoms with Crippen molar-refractivity contribution < 1.29 is 9.59 Å². The number of carbonyl (C=O) groups excluding carboxylic acids is 2. The molecule has 1 aliphatic rings. The van der Waals surface area contributed by atoms with Crippen LogP contribution in [-0.4, -0.2) is 49.9 Å². The van der Waals surface area contributed by atoms with E-state index >= 15 is 0 Å². The van der Waals surface area contributed by atoms with Gasteiger partial charge in [0.1, 0.15) is 12.7 Å². The fraction of sp³-hybridized carbons (Fsp3) is 0.263. The van der Waals surface area contributed by atoms with Crippen LogP contribution < -0.4 is 16.0 Å². The van der Waals surface area contributed by atoms with Crippen LogP contribution in [-0.2, 0) is 4.79 Å². The van der Waals surface area contributed by atoms with E-state index in [0.717, 1.165) is 5.82 Å². The SMILES string of the molecule is NC(=O)c1ccccc1NC(=O)C1CCN(c2ccc(-n3cncn3)nn2)CC1. The van der Waals surface area contributed by atoms with E-state index in [-0.39, 0.29) is 11.8 Å². The molecule has 2 amide bonds. The number of piperidine rings is 1. The van der Waals surface area contributed by atoms with Gasteiger partial charge in [0.25, 0.3) is 5.91 Å². The maximum atomic E-state index is 12.6. The molecule has 0 aliphatic carbocycles. The van der Waals surface area contributed by atoms with Crippen LogP contribution in [0.3, 0.4) is 0 Å². The number of carbonyl (C=O) groups is 2. The zero-order chi connectivity index (χ0) is 20.2. The van der Waals surface area contributed by atoms with Crippen molar-refractivity contribution in [3.8, 4) is 5.82 Å². The van der Waals surface area contributed by atoms with Crippen molar-refractivity contribution in [2.75, 3.05) is 23.3 Å². The van der Waals surface area contributed by atoms with Crippen LogP contribution in [0.2, 0.25) is 0 Å². The van der Waals surface area contributed by atoms with Gasteiger partial charge in [-0.2, -0.15) is 5.10 Å². The molecule has 1 saturated heterocycles. The summed E-state index contributed by atoms with van der Waals surface area (Å²) >= 11 is 0. The highest BCUT2D eigenvalue weighted by Gasteiger charge is 2.26. The van der Waals surface area contributed by atoms with Gasteiger partial charge in [-0.25, -0.2) is 9.67 Å². The quantitative estimate of drug-likeness (QED) is 0.662. The smallest absolute Gasteiger partial charge is 0.250 e. The van der Waals surface area contributed by atoms with Gasteiger partial charge in [0.05, 0.1) is 11.3 Å². The summed E-state index contributed by atoms with van der Waals surface area (Å²) in [6, 6.07) is 10.5. The molecule has 4 rings (SSSR count). The van der Waals surface area contributed by atoms with Crippen LogP contribution in [0.25, 0.3) is 5.82 Å². The Morgan fingerprint density at radius 3 is 2.41 bits per heavy atom. The van der Waals surface area contributed by atoms with E-state index in [1.165, 1.54) is 11.0 Å². The Labute approximate surface area is 166 Å². The number of anilines is 2. The second-order valence-electron chi connectivity index (χ2n) is 6.75. The first-order valence-corrected chi connectivity index (χ1v) is 9.25. The van der Waals surface area contributed by atoms with Crippen molar-refractivity contribution in [1.82, 2.24) is 25.0 Å². The molecule has 10 nitrogen and oxygen atoms in total. The van der Waals surface area contributed by atoms with E-state index in [4.69, 9.17) is 5.73 Å². The minimum Gasteiger partial charge on any atom is -0.366 e. The van der Waals surface area contributed by atoms with E-state index in [1.54, 1.807) is 30.6 Å². The summed E-state index contributed by atoms with van der Waals surface area (Å²) in [7, 11) is 0. The first-order valence-electron chi connectivity index (χ1n) is 9.25. The molecule has 10 heteroatoms. The molecule has 0 spiro atoms. The number of aromatic nitrogens is 5. The van der Waals surface area contributed by atoms with Crippen LogP contribution in [0.15, 0.2) is 49.1 Å². The number of nitrogens with one attached hydrogen (secondary N) is 1. The molecule has 0 unspecified atom stereocenters. The van der Waals surface area contributed by atoms with E-state index < -0.39 is 5.91 Å². The Bertz CT molecular complexity index is 995. The van der Waals surface area contributed by atoms with E-state index in [0.29, 0.717) is 43.0 Å². The molecule has 2 aromatic heterocycles. The standard InChI is InChI=1S/C19H20N8O2/c20-18(28)14-3-1-2-4-15(14)23-19(29)13-7-9-26(10-8-13)16-5-6-17(25-24-16)27-12-21-11-22-27/h1-6,11-13H,7-10H2,(H2,20,28)(H,23,29). The number of primary amides is 1. The molecular formula is C19H20N8O2. The molecule has 1 aliphatic heterocycles. The number of benzene rings is 1. The Kier molecular flexibility index (Phi) is 5.14. The van der Waals surface area contributed by atoms with Gasteiger partial charge >= 0.3 is 0 Å². The summed E-state index contributed by atoms with van der Waals surface area (Å²) in [6.07, 6.45) is 4.35. The van der Waals surface area contributed by atoms with Gasteiger partial charge in [0, 0.05) is 19.0 Å². The topological polar surface area (TPSA) is 132 Å². The molecule has 3 heterocycles. The Hall–Kier alpha value is -3.82. The molecule has 3 N–H and O–H groups in total. The average molecular weight is 392 g/mol. The lowest BCUT2D eigenvalue weighted by Crippen LogP contribution is -2.38. The van der Waals surface area contributed by atoms with Crippen LogP contribution in [0, 0.1) is 5.92 Å². The number of rotatable bonds is 5. The number of hydrogen-bond acceptors (Lipinski definition) is 7. The summed E-state index contributed by atoms with van der Waals surface area (Å²) in [4.78, 5) is 30.1. The van der Waals surface area contributed by atoms with Gasteiger partial charge in [-0.1, -0.05) is 12.1 Å². The molecule has 0 bridgehead atoms. The van der Waals surface area contributed by atoms with Crippen molar-refractivity contribution in [2.24, 2.45) is 11.7 Å². The Morgan fingerprint density at radius 1 is 1.03 bits per heavy atom. The average Bonchev–Trinajstić information content (AvgIpc) is 3.29. The molecule has 29 heavy (non-hydrogen) atoms. The highest BCUT2D eigenvalue weighted by atomic mass is 16.2. The maximum absolute atomic E-state index is 12.6. The molecule has 3 aromatic rings. The molecule has 0 atom stereocenters. The highest BCUT2D eigenvalue weighted by molar-refractivity contribution is 6.03. The fourth-order valence-corrected chi connectivity index (χ4v) is 3.35. The Morgan fingerprint density at radius 2 is 1.76 bits per heavy atom. The van der Waals surface area contributed by atoms with Gasteiger partial charge < -0.3 is 16.0 Å². The molecule has 0 radical (unpaired) electrons. The second kappa shape index (κ2) is 8.05. The van der Waals surface area contributed by atoms with Crippen LogP contribution in [0.5, 0.6) is 0 Å². The summed E-state index contributed by atoms with van der Waals surface area (Å²) in [5.74, 6) is 0.532. The van der Waals surface area contributed by atoms with Gasteiger partial charge in [0.15, 0.2) is 11.6 Å². The minimum absolute atomic E-state index is 0.106. The van der Waals surface area contributed by atoms with E-state index in [1.807, 2.05) is 12.1 Å². The fourth-order valence-electron chi connectivity index (χ4n) is 3.35. The monoisotopic (exact) mass is 392 g/mol. The van der Waals surface area contributed by atoms with Crippen molar-refractivity contribution >= 4 is 23.3 Å². The molecule has 1 aromatic carbocycles. The minimum atomic E-state index is -0.566. The second-order valence-corrected chi connectivity index (χ2v) is 6.75. The zero-order valence-electron chi connectivity index (χ0n) is 15.6. The lowest BCUT2D eigenvalue weighted by atomic mass is 9.95. The summed E-state index contributed by atoms with van der Waals surface area (Å²) in [5.41, 5.74) is 6.13. The van der Waals surface area contributed by atoms with Gasteiger partial charge in [0.2, 0.25) is 5.91 Å². The van der Waals surface area contributed by atoms with E-state index in [9.17, 15) is 9.59 Å². The number of amides is 2. The van der Waals surface area contributed by atoms with Gasteiger partial charge in [-0.3, -0.25) is 9.59 Å². The van der Waals surface area contributed by atoms with Crippen LogP contribution in [0.1, 0.15) is 23.2 Å². The van der Waals surface area contributed by atoms with Crippen LogP contribution in [0.4, 0.5) is 11.5 Å². The van der Waals surface area contributed by atoms with Gasteiger partial charge in [-0.05, 0) is 37.1 Å². The maximum Gasteiger partial charge on any atom is 0.250 e. The highest BCUT2D eigenvalue weighted by Crippen LogP contribution is 2.24. The normalized spacial score (nSPS) is 14.6. The van der Waals surface area contributed by atoms with Crippen molar-refractivity contribution in [3.63, 3.8) is 0 Å². The van der Waals surface area contributed by atoms with E-state index in [2.05, 4.69) is 30.5 Å². The molecule has 0 saturated carbocycles. The third-order valence-electron chi connectivity index (χ3n) is 4.93. The number of hydrogen-bond donors (Lipinski definition) is 2. The van der Waals surface area contributed by atoms with Crippen LogP contribution >= 0.6 is 0 Å².